The van der Waals surface area contributed by atoms with Crippen molar-refractivity contribution in [2.45, 2.75) is 0 Å². The lowest BCUT2D eigenvalue weighted by Gasteiger charge is -2.14. The van der Waals surface area contributed by atoms with E-state index in [0.717, 1.165) is 71.3 Å². The lowest BCUT2D eigenvalue weighted by molar-refractivity contribution is 0.673. The minimum atomic E-state index is 0.639. The summed E-state index contributed by atoms with van der Waals surface area (Å²) in [7, 11) is 0. The normalized spacial score (nSPS) is 12.1. The van der Waals surface area contributed by atoms with Crippen LogP contribution in [0.5, 0.6) is 0 Å². The summed E-state index contributed by atoms with van der Waals surface area (Å²) in [6.07, 6.45) is 0. The highest BCUT2D eigenvalue weighted by Crippen LogP contribution is 2.41. The molecule has 0 bridgehead atoms. The van der Waals surface area contributed by atoms with Crippen molar-refractivity contribution in [2.75, 3.05) is 0 Å². The Morgan fingerprint density at radius 3 is 1.84 bits per heavy atom. The van der Waals surface area contributed by atoms with Gasteiger partial charge in [0, 0.05) is 32.5 Å². The maximum atomic E-state index is 6.59. The summed E-state index contributed by atoms with van der Waals surface area (Å²) in [4.78, 5) is 10.8. The lowest BCUT2D eigenvalue weighted by Crippen LogP contribution is -2.03. The smallest absolute Gasteiger partial charge is 0.235 e. The van der Waals surface area contributed by atoms with Crippen molar-refractivity contribution in [1.82, 2.24) is 14.5 Å². The van der Waals surface area contributed by atoms with Crippen molar-refractivity contribution in [1.29, 1.82) is 0 Å². The number of benzene rings is 7. The first-order chi connectivity index (χ1) is 21.8. The molecular formula is C40H23N3O. The predicted molar refractivity (Wildman–Crippen MR) is 182 cm³/mol. The predicted octanol–water partition coefficient (Wildman–Crippen LogP) is 10.6. The average Bonchev–Trinajstić information content (AvgIpc) is 3.64. The number of rotatable bonds is 2. The Hall–Kier alpha value is -6.00. The van der Waals surface area contributed by atoms with Gasteiger partial charge >= 0.3 is 0 Å². The van der Waals surface area contributed by atoms with Crippen LogP contribution in [0.2, 0.25) is 0 Å². The Labute approximate surface area is 251 Å². The summed E-state index contributed by atoms with van der Waals surface area (Å²) >= 11 is 0. The monoisotopic (exact) mass is 561 g/mol. The van der Waals surface area contributed by atoms with Crippen molar-refractivity contribution in [3.8, 4) is 17.2 Å². The van der Waals surface area contributed by atoms with Crippen LogP contribution < -0.4 is 0 Å². The maximum Gasteiger partial charge on any atom is 0.235 e. The first-order valence-electron chi connectivity index (χ1n) is 14.8. The second kappa shape index (κ2) is 8.76. The number of para-hydroxylation sites is 2. The van der Waals surface area contributed by atoms with Crippen molar-refractivity contribution < 1.29 is 4.42 Å². The highest BCUT2D eigenvalue weighted by Gasteiger charge is 2.21. The number of furan rings is 1. The summed E-state index contributed by atoms with van der Waals surface area (Å²) in [6, 6.07) is 48.9. The standard InChI is InChI=1S/C40H23N3O/c1-3-13-26-24(10-1)12-9-17-30(26)37-32-22-23-35-36(31-21-20-25-11-2-4-14-27(25)39(31)44-35)38(32)42-40(41-37)43-33-18-7-5-15-28(33)29-16-6-8-19-34(29)43/h1-23H. The van der Waals surface area contributed by atoms with E-state index in [1.54, 1.807) is 0 Å². The van der Waals surface area contributed by atoms with Crippen molar-refractivity contribution >= 4 is 76.2 Å². The molecule has 0 aliphatic rings. The van der Waals surface area contributed by atoms with Gasteiger partial charge in [-0.2, -0.15) is 0 Å². The summed E-state index contributed by atoms with van der Waals surface area (Å²) in [5.41, 5.74) is 6.72. The van der Waals surface area contributed by atoms with Crippen molar-refractivity contribution in [3.05, 3.63) is 140 Å². The molecule has 4 heteroatoms. The topological polar surface area (TPSA) is 43.9 Å². The van der Waals surface area contributed by atoms with E-state index in [1.807, 2.05) is 0 Å². The van der Waals surface area contributed by atoms with E-state index in [1.165, 1.54) is 16.2 Å². The lowest BCUT2D eigenvalue weighted by atomic mass is 9.98. The molecule has 0 aliphatic carbocycles. The number of hydrogen-bond donors (Lipinski definition) is 0. The van der Waals surface area contributed by atoms with Crippen LogP contribution in [0.4, 0.5) is 0 Å². The molecule has 3 aromatic heterocycles. The molecular weight excluding hydrogens is 538 g/mol. The van der Waals surface area contributed by atoms with Crippen LogP contribution >= 0.6 is 0 Å². The minimum absolute atomic E-state index is 0.639. The number of fused-ring (bicyclic) bond motifs is 11. The molecule has 0 spiro atoms. The molecule has 4 nitrogen and oxygen atoms in total. The van der Waals surface area contributed by atoms with Crippen LogP contribution in [0.3, 0.4) is 0 Å². The first-order valence-corrected chi connectivity index (χ1v) is 14.8. The molecule has 3 heterocycles. The van der Waals surface area contributed by atoms with Gasteiger partial charge in [-0.15, -0.1) is 0 Å². The number of aromatic nitrogens is 3. The van der Waals surface area contributed by atoms with Crippen LogP contribution in [-0.2, 0) is 0 Å². The van der Waals surface area contributed by atoms with Crippen LogP contribution in [0.25, 0.3) is 93.4 Å². The van der Waals surface area contributed by atoms with Crippen LogP contribution in [0.1, 0.15) is 0 Å². The molecule has 0 radical (unpaired) electrons. The van der Waals surface area contributed by atoms with E-state index >= 15 is 0 Å². The van der Waals surface area contributed by atoms with E-state index in [2.05, 4.69) is 144 Å². The van der Waals surface area contributed by atoms with Gasteiger partial charge in [-0.25, -0.2) is 9.97 Å². The van der Waals surface area contributed by atoms with Crippen LogP contribution in [0.15, 0.2) is 144 Å². The van der Waals surface area contributed by atoms with Gasteiger partial charge in [0.25, 0.3) is 0 Å². The molecule has 0 saturated heterocycles. The van der Waals surface area contributed by atoms with Gasteiger partial charge in [0.05, 0.1) is 27.6 Å². The minimum Gasteiger partial charge on any atom is -0.455 e. The molecule has 0 unspecified atom stereocenters. The third kappa shape index (κ3) is 3.17. The molecule has 0 amide bonds. The van der Waals surface area contributed by atoms with Gasteiger partial charge in [0.2, 0.25) is 5.95 Å². The van der Waals surface area contributed by atoms with Gasteiger partial charge in [-0.1, -0.05) is 109 Å². The Kier molecular flexibility index (Phi) is 4.69. The van der Waals surface area contributed by atoms with E-state index in [9.17, 15) is 0 Å². The molecule has 10 aromatic rings. The molecule has 10 rings (SSSR count). The molecule has 0 aliphatic heterocycles. The van der Waals surface area contributed by atoms with Gasteiger partial charge in [0.15, 0.2) is 0 Å². The molecule has 7 aromatic carbocycles. The molecule has 0 saturated carbocycles. The highest BCUT2D eigenvalue weighted by molar-refractivity contribution is 6.24. The third-order valence-corrected chi connectivity index (χ3v) is 9.00. The zero-order valence-corrected chi connectivity index (χ0v) is 23.5. The van der Waals surface area contributed by atoms with E-state index in [0.29, 0.717) is 5.95 Å². The second-order valence-electron chi connectivity index (χ2n) is 11.4. The highest BCUT2D eigenvalue weighted by atomic mass is 16.3. The third-order valence-electron chi connectivity index (χ3n) is 9.00. The van der Waals surface area contributed by atoms with Gasteiger partial charge in [0.1, 0.15) is 11.2 Å². The molecule has 0 fully saturated rings. The Morgan fingerprint density at radius 2 is 1.07 bits per heavy atom. The van der Waals surface area contributed by atoms with Crippen LogP contribution in [-0.4, -0.2) is 14.5 Å². The first kappa shape index (κ1) is 23.6. The number of nitrogens with zero attached hydrogens (tertiary/aromatic N) is 3. The summed E-state index contributed by atoms with van der Waals surface area (Å²) in [5, 5.41) is 10.0. The Balaban J connectivity index is 1.41. The average molecular weight is 562 g/mol. The molecule has 204 valence electrons. The fraction of sp³-hybridized carbons (Fsp3) is 0. The number of hydrogen-bond acceptors (Lipinski definition) is 3. The molecule has 0 atom stereocenters. The van der Waals surface area contributed by atoms with Gasteiger partial charge in [-0.05, 0) is 46.5 Å². The second-order valence-corrected chi connectivity index (χ2v) is 11.4. The van der Waals surface area contributed by atoms with Gasteiger partial charge < -0.3 is 4.42 Å². The van der Waals surface area contributed by atoms with E-state index in [-0.39, 0.29) is 0 Å². The Bertz CT molecular complexity index is 2730. The maximum absolute atomic E-state index is 6.59. The van der Waals surface area contributed by atoms with Crippen molar-refractivity contribution in [3.63, 3.8) is 0 Å². The van der Waals surface area contributed by atoms with Crippen molar-refractivity contribution in [2.24, 2.45) is 0 Å². The van der Waals surface area contributed by atoms with Gasteiger partial charge in [-0.3, -0.25) is 4.57 Å². The zero-order chi connectivity index (χ0) is 28.8. The fourth-order valence-corrected chi connectivity index (χ4v) is 7.05. The zero-order valence-electron chi connectivity index (χ0n) is 23.5. The molecule has 44 heavy (non-hydrogen) atoms. The summed E-state index contributed by atoms with van der Waals surface area (Å²) in [5.74, 6) is 0.639. The fourth-order valence-electron chi connectivity index (χ4n) is 7.05. The molecule has 0 N–H and O–H groups in total. The van der Waals surface area contributed by atoms with E-state index in [4.69, 9.17) is 14.4 Å². The largest absolute Gasteiger partial charge is 0.455 e. The van der Waals surface area contributed by atoms with Crippen LogP contribution in [0, 0.1) is 0 Å². The summed E-state index contributed by atoms with van der Waals surface area (Å²) in [6.45, 7) is 0. The van der Waals surface area contributed by atoms with E-state index < -0.39 is 0 Å². The SMILES string of the molecule is c1ccc2c(-c3nc(-n4c5ccccc5c5ccccc54)nc4c3ccc3oc5c6ccccc6ccc5c34)cccc2c1. The Morgan fingerprint density at radius 1 is 0.455 bits per heavy atom. The summed E-state index contributed by atoms with van der Waals surface area (Å²) < 4.78 is 8.80. The quantitative estimate of drug-likeness (QED) is 0.211.